The Morgan fingerprint density at radius 3 is 2.10 bits per heavy atom. The Morgan fingerprint density at radius 1 is 1.60 bits per heavy atom. The van der Waals surface area contributed by atoms with Crippen LogP contribution in [0.4, 0.5) is 0 Å². The average molecular weight is 161 g/mol. The van der Waals surface area contributed by atoms with Gasteiger partial charge in [-0.25, -0.2) is 0 Å². The maximum absolute atomic E-state index is 10.9. The molecule has 0 rings (SSSR count). The molecular weight excluding hydrogens is 150 g/mol. The number of methoxy groups -OCH3 is 1. The fourth-order valence-electron chi connectivity index (χ4n) is 0.356. The Morgan fingerprint density at radius 2 is 2.00 bits per heavy atom. The van der Waals surface area contributed by atoms with Crippen LogP contribution in [0.3, 0.4) is 0 Å². The zero-order valence-electron chi connectivity index (χ0n) is 6.30. The first-order valence-electron chi connectivity index (χ1n) is 2.81. The van der Waals surface area contributed by atoms with Gasteiger partial charge >= 0.3 is 5.97 Å². The molecule has 3 nitrogen and oxygen atoms in total. The van der Waals surface area contributed by atoms with Gasteiger partial charge in [0.1, 0.15) is 5.41 Å². The molecular formula is C6H11NO2S. The van der Waals surface area contributed by atoms with Crippen molar-refractivity contribution in [1.82, 2.24) is 0 Å². The summed E-state index contributed by atoms with van der Waals surface area (Å²) in [6.07, 6.45) is 0. The third-order valence-electron chi connectivity index (χ3n) is 1.31. The highest BCUT2D eigenvalue weighted by molar-refractivity contribution is 7.80. The maximum Gasteiger partial charge on any atom is 0.318 e. The van der Waals surface area contributed by atoms with Gasteiger partial charge in [-0.1, -0.05) is 12.2 Å². The molecule has 10 heavy (non-hydrogen) atoms. The van der Waals surface area contributed by atoms with E-state index < -0.39 is 11.4 Å². The van der Waals surface area contributed by atoms with Gasteiger partial charge in [0.05, 0.1) is 12.1 Å². The third-order valence-corrected chi connectivity index (χ3v) is 1.82. The molecule has 0 saturated heterocycles. The molecule has 0 heterocycles. The van der Waals surface area contributed by atoms with E-state index >= 15 is 0 Å². The van der Waals surface area contributed by atoms with Crippen molar-refractivity contribution in [1.29, 1.82) is 0 Å². The number of carbonyl (C=O) groups excluding carboxylic acids is 1. The van der Waals surface area contributed by atoms with E-state index in [1.807, 2.05) is 0 Å². The molecule has 0 radical (unpaired) electrons. The Balaban J connectivity index is 4.40. The predicted octanol–water partition coefficient (Wildman–Crippen LogP) is 0.472. The number of thiocarbonyl (C=S) groups is 1. The quantitative estimate of drug-likeness (QED) is 0.472. The highest BCUT2D eigenvalue weighted by atomic mass is 32.1. The SMILES string of the molecule is COC(=O)C(C)(C)C(N)=S. The van der Waals surface area contributed by atoms with Crippen LogP contribution in [0.1, 0.15) is 13.8 Å². The molecule has 0 spiro atoms. The van der Waals surface area contributed by atoms with Crippen LogP contribution in [-0.4, -0.2) is 18.1 Å². The molecule has 0 saturated carbocycles. The summed E-state index contributed by atoms with van der Waals surface area (Å²) < 4.78 is 4.47. The van der Waals surface area contributed by atoms with Crippen LogP contribution < -0.4 is 5.73 Å². The molecule has 0 aromatic carbocycles. The second kappa shape index (κ2) is 2.96. The fraction of sp³-hybridized carbons (Fsp3) is 0.667. The van der Waals surface area contributed by atoms with E-state index in [2.05, 4.69) is 17.0 Å². The molecule has 0 fully saturated rings. The predicted molar refractivity (Wildman–Crippen MR) is 42.6 cm³/mol. The van der Waals surface area contributed by atoms with Gasteiger partial charge in [0.25, 0.3) is 0 Å². The van der Waals surface area contributed by atoms with Gasteiger partial charge in [0.2, 0.25) is 0 Å². The van der Waals surface area contributed by atoms with Crippen molar-refractivity contribution in [2.75, 3.05) is 7.11 Å². The van der Waals surface area contributed by atoms with Crippen LogP contribution >= 0.6 is 12.2 Å². The first-order valence-corrected chi connectivity index (χ1v) is 3.22. The standard InChI is InChI=1S/C6H11NO2S/c1-6(2,4(7)10)5(8)9-3/h1-3H3,(H2,7,10). The Bertz CT molecular complexity index is 165. The Kier molecular flexibility index (Phi) is 2.77. The minimum Gasteiger partial charge on any atom is -0.468 e. The van der Waals surface area contributed by atoms with Crippen molar-refractivity contribution in [2.45, 2.75) is 13.8 Å². The lowest BCUT2D eigenvalue weighted by molar-refractivity contribution is -0.146. The van der Waals surface area contributed by atoms with Gasteiger partial charge < -0.3 is 10.5 Å². The monoisotopic (exact) mass is 161 g/mol. The van der Waals surface area contributed by atoms with Crippen molar-refractivity contribution in [3.63, 3.8) is 0 Å². The zero-order chi connectivity index (χ0) is 8.36. The van der Waals surface area contributed by atoms with Gasteiger partial charge in [0, 0.05) is 0 Å². The Labute approximate surface area is 65.5 Å². The maximum atomic E-state index is 10.9. The van der Waals surface area contributed by atoms with Crippen molar-refractivity contribution in [3.05, 3.63) is 0 Å². The molecule has 0 aliphatic carbocycles. The number of hydrogen-bond donors (Lipinski definition) is 1. The second-order valence-electron chi connectivity index (χ2n) is 2.48. The fourth-order valence-corrected chi connectivity index (χ4v) is 0.439. The molecule has 0 aliphatic rings. The first kappa shape index (κ1) is 9.36. The van der Waals surface area contributed by atoms with Gasteiger partial charge in [-0.3, -0.25) is 4.79 Å². The minimum atomic E-state index is -0.843. The highest BCUT2D eigenvalue weighted by Crippen LogP contribution is 2.16. The van der Waals surface area contributed by atoms with Gasteiger partial charge in [-0.05, 0) is 13.8 Å². The van der Waals surface area contributed by atoms with Crippen LogP contribution in [0, 0.1) is 5.41 Å². The summed E-state index contributed by atoms with van der Waals surface area (Å²) >= 11 is 4.65. The van der Waals surface area contributed by atoms with E-state index in [0.29, 0.717) is 0 Å². The topological polar surface area (TPSA) is 52.3 Å². The van der Waals surface area contributed by atoms with Crippen LogP contribution in [-0.2, 0) is 9.53 Å². The van der Waals surface area contributed by atoms with Crippen molar-refractivity contribution in [3.8, 4) is 0 Å². The van der Waals surface area contributed by atoms with Crippen LogP contribution in [0.2, 0.25) is 0 Å². The second-order valence-corrected chi connectivity index (χ2v) is 2.92. The lowest BCUT2D eigenvalue weighted by Crippen LogP contribution is -2.38. The van der Waals surface area contributed by atoms with E-state index in [0.717, 1.165) is 0 Å². The van der Waals surface area contributed by atoms with Crippen LogP contribution in [0.5, 0.6) is 0 Å². The van der Waals surface area contributed by atoms with Gasteiger partial charge in [-0.2, -0.15) is 0 Å². The molecule has 0 unspecified atom stereocenters. The van der Waals surface area contributed by atoms with E-state index in [-0.39, 0.29) is 4.99 Å². The Hall–Kier alpha value is -0.640. The first-order chi connectivity index (χ1) is 4.42. The zero-order valence-corrected chi connectivity index (χ0v) is 7.12. The summed E-state index contributed by atoms with van der Waals surface area (Å²) in [7, 11) is 1.31. The number of hydrogen-bond acceptors (Lipinski definition) is 3. The minimum absolute atomic E-state index is 0.152. The van der Waals surface area contributed by atoms with Gasteiger partial charge in [0.15, 0.2) is 0 Å². The average Bonchev–Trinajstić information content (AvgIpc) is 1.86. The molecule has 0 amide bonds. The van der Waals surface area contributed by atoms with Gasteiger partial charge in [-0.15, -0.1) is 0 Å². The third kappa shape index (κ3) is 1.67. The van der Waals surface area contributed by atoms with E-state index in [4.69, 9.17) is 5.73 Å². The summed E-state index contributed by atoms with van der Waals surface area (Å²) in [5, 5.41) is 0. The summed E-state index contributed by atoms with van der Waals surface area (Å²) in [5.41, 5.74) is 4.43. The molecule has 0 atom stereocenters. The van der Waals surface area contributed by atoms with E-state index in [1.165, 1.54) is 7.11 Å². The van der Waals surface area contributed by atoms with Crippen LogP contribution in [0.25, 0.3) is 0 Å². The number of ether oxygens (including phenoxy) is 1. The summed E-state index contributed by atoms with van der Waals surface area (Å²) in [6.45, 7) is 3.25. The summed E-state index contributed by atoms with van der Waals surface area (Å²) in [4.78, 5) is 11.0. The molecule has 4 heteroatoms. The molecule has 0 aromatic rings. The number of esters is 1. The van der Waals surface area contributed by atoms with E-state index in [9.17, 15) is 4.79 Å². The highest BCUT2D eigenvalue weighted by Gasteiger charge is 2.31. The smallest absolute Gasteiger partial charge is 0.318 e. The van der Waals surface area contributed by atoms with E-state index in [1.54, 1.807) is 13.8 Å². The number of nitrogens with two attached hydrogens (primary N) is 1. The van der Waals surface area contributed by atoms with Crippen LogP contribution in [0.15, 0.2) is 0 Å². The molecule has 0 aromatic heterocycles. The molecule has 58 valence electrons. The molecule has 0 bridgehead atoms. The largest absolute Gasteiger partial charge is 0.468 e. The number of carbonyl (C=O) groups is 1. The summed E-state index contributed by atoms with van der Waals surface area (Å²) in [6, 6.07) is 0. The normalized spacial score (nSPS) is 10.7. The lowest BCUT2D eigenvalue weighted by Gasteiger charge is -2.18. The molecule has 2 N–H and O–H groups in total. The van der Waals surface area contributed by atoms with Crippen molar-refractivity contribution in [2.24, 2.45) is 11.1 Å². The lowest BCUT2D eigenvalue weighted by atomic mass is 9.94. The van der Waals surface area contributed by atoms with Crippen molar-refractivity contribution < 1.29 is 9.53 Å². The van der Waals surface area contributed by atoms with Crippen molar-refractivity contribution >= 4 is 23.2 Å². The summed E-state index contributed by atoms with van der Waals surface area (Å²) in [5.74, 6) is -0.403. The molecule has 0 aliphatic heterocycles. The number of rotatable bonds is 2.